The summed E-state index contributed by atoms with van der Waals surface area (Å²) in [4.78, 5) is 0. The Bertz CT molecular complexity index is 628. The first kappa shape index (κ1) is 15.4. The summed E-state index contributed by atoms with van der Waals surface area (Å²) in [5.74, 6) is -0.578. The Morgan fingerprint density at radius 3 is 2.67 bits per heavy atom. The molecule has 0 heterocycles. The van der Waals surface area contributed by atoms with Crippen molar-refractivity contribution in [3.05, 3.63) is 64.7 Å². The molecule has 0 aliphatic carbocycles. The minimum Gasteiger partial charge on any atom is -0.494 e. The highest BCUT2D eigenvalue weighted by atomic mass is 19.1. The lowest BCUT2D eigenvalue weighted by atomic mass is 9.96. The van der Waals surface area contributed by atoms with Gasteiger partial charge >= 0.3 is 0 Å². The van der Waals surface area contributed by atoms with Gasteiger partial charge in [-0.15, -0.1) is 0 Å². The van der Waals surface area contributed by atoms with Gasteiger partial charge in [-0.2, -0.15) is 0 Å². The van der Waals surface area contributed by atoms with Crippen LogP contribution in [0.15, 0.2) is 36.4 Å². The molecule has 0 bridgehead atoms. The molecule has 0 saturated carbocycles. The molecule has 21 heavy (non-hydrogen) atoms. The van der Waals surface area contributed by atoms with Crippen LogP contribution >= 0.6 is 0 Å². The van der Waals surface area contributed by atoms with E-state index in [0.717, 1.165) is 6.42 Å². The molecule has 0 fully saturated rings. The number of hydrogen-bond donors (Lipinski definition) is 1. The molecule has 4 heteroatoms. The average Bonchev–Trinajstić information content (AvgIpc) is 2.49. The Labute approximate surface area is 123 Å². The second-order valence-electron chi connectivity index (χ2n) is 4.99. The van der Waals surface area contributed by atoms with Crippen molar-refractivity contribution in [1.82, 2.24) is 0 Å². The molecule has 2 aromatic carbocycles. The number of nitrogens with two attached hydrogens (primary N) is 1. The van der Waals surface area contributed by atoms with Gasteiger partial charge in [-0.05, 0) is 42.7 Å². The first-order valence-corrected chi connectivity index (χ1v) is 6.97. The van der Waals surface area contributed by atoms with Crippen molar-refractivity contribution < 1.29 is 13.5 Å². The normalized spacial score (nSPS) is 12.2. The fourth-order valence-electron chi connectivity index (χ4n) is 2.15. The molecular weight excluding hydrogens is 272 g/mol. The van der Waals surface area contributed by atoms with Gasteiger partial charge in [0.15, 0.2) is 0 Å². The molecule has 1 unspecified atom stereocenters. The molecule has 1 atom stereocenters. The van der Waals surface area contributed by atoms with Gasteiger partial charge in [-0.1, -0.05) is 25.1 Å². The summed E-state index contributed by atoms with van der Waals surface area (Å²) in [5.41, 5.74) is 6.93. The van der Waals surface area contributed by atoms with E-state index in [4.69, 9.17) is 10.5 Å². The van der Waals surface area contributed by atoms with Gasteiger partial charge < -0.3 is 10.5 Å². The Morgan fingerprint density at radius 1 is 1.19 bits per heavy atom. The molecule has 2 N–H and O–H groups in total. The summed E-state index contributed by atoms with van der Waals surface area (Å²) in [6.45, 7) is 4.19. The molecule has 0 saturated heterocycles. The number of aryl methyl sites for hydroxylation is 1. The van der Waals surface area contributed by atoms with Crippen molar-refractivity contribution in [2.45, 2.75) is 26.3 Å². The lowest BCUT2D eigenvalue weighted by Gasteiger charge is -2.16. The lowest BCUT2D eigenvalue weighted by molar-refractivity contribution is 0.317. The van der Waals surface area contributed by atoms with Crippen molar-refractivity contribution >= 4 is 0 Å². The quantitative estimate of drug-likeness (QED) is 0.899. The summed E-state index contributed by atoms with van der Waals surface area (Å²) < 4.78 is 33.6. The van der Waals surface area contributed by atoms with E-state index in [9.17, 15) is 8.78 Å². The number of hydrogen-bond acceptors (Lipinski definition) is 2. The van der Waals surface area contributed by atoms with E-state index < -0.39 is 17.7 Å². The second-order valence-corrected chi connectivity index (χ2v) is 4.99. The summed E-state index contributed by atoms with van der Waals surface area (Å²) in [5, 5.41) is 0. The third-order valence-electron chi connectivity index (χ3n) is 3.32. The van der Waals surface area contributed by atoms with Gasteiger partial charge in [-0.25, -0.2) is 8.78 Å². The maximum atomic E-state index is 14.2. The zero-order valence-electron chi connectivity index (χ0n) is 12.2. The maximum absolute atomic E-state index is 14.2. The summed E-state index contributed by atoms with van der Waals surface area (Å²) in [6.07, 6.45) is 0.886. The predicted molar refractivity (Wildman–Crippen MR) is 79.4 cm³/mol. The number of rotatable bonds is 5. The van der Waals surface area contributed by atoms with Gasteiger partial charge in [-0.3, -0.25) is 0 Å². The van der Waals surface area contributed by atoms with Crippen molar-refractivity contribution in [2.24, 2.45) is 5.73 Å². The van der Waals surface area contributed by atoms with E-state index >= 15 is 0 Å². The molecule has 0 aliphatic rings. The molecule has 2 aromatic rings. The van der Waals surface area contributed by atoms with Crippen LogP contribution in [-0.2, 0) is 0 Å². The summed E-state index contributed by atoms with van der Waals surface area (Å²) in [7, 11) is 0. The maximum Gasteiger partial charge on any atom is 0.134 e. The van der Waals surface area contributed by atoms with E-state index in [2.05, 4.69) is 0 Å². The Kier molecular flexibility index (Phi) is 4.91. The van der Waals surface area contributed by atoms with Gasteiger partial charge in [0, 0.05) is 5.56 Å². The van der Waals surface area contributed by atoms with E-state index in [1.54, 1.807) is 31.2 Å². The molecule has 0 spiro atoms. The fourth-order valence-corrected chi connectivity index (χ4v) is 2.15. The predicted octanol–water partition coefficient (Wildman–Crippen LogP) is 4.11. The Hall–Kier alpha value is -1.94. The first-order valence-electron chi connectivity index (χ1n) is 6.97. The second kappa shape index (κ2) is 6.68. The SMILES string of the molecule is CCCOc1cccc(C(N)c2c(F)ccc(C)c2F)c1. The Balaban J connectivity index is 2.36. The topological polar surface area (TPSA) is 35.2 Å². The summed E-state index contributed by atoms with van der Waals surface area (Å²) in [6, 6.07) is 8.81. The number of benzene rings is 2. The average molecular weight is 291 g/mol. The fraction of sp³-hybridized carbons (Fsp3) is 0.294. The lowest BCUT2D eigenvalue weighted by Crippen LogP contribution is -2.16. The van der Waals surface area contributed by atoms with E-state index in [-0.39, 0.29) is 5.56 Å². The Morgan fingerprint density at radius 2 is 1.95 bits per heavy atom. The third kappa shape index (κ3) is 3.39. The van der Waals surface area contributed by atoms with Crippen LogP contribution in [0, 0.1) is 18.6 Å². The number of ether oxygens (including phenoxy) is 1. The zero-order chi connectivity index (χ0) is 15.4. The van der Waals surface area contributed by atoms with Crippen LogP contribution in [0.5, 0.6) is 5.75 Å². The first-order chi connectivity index (χ1) is 10.0. The van der Waals surface area contributed by atoms with Crippen LogP contribution in [0.1, 0.15) is 36.1 Å². The number of halogens is 2. The van der Waals surface area contributed by atoms with Crippen molar-refractivity contribution in [1.29, 1.82) is 0 Å². The van der Waals surface area contributed by atoms with E-state index in [0.29, 0.717) is 23.5 Å². The van der Waals surface area contributed by atoms with Crippen molar-refractivity contribution in [3.63, 3.8) is 0 Å². The molecular formula is C17H19F2NO. The molecule has 0 amide bonds. The zero-order valence-corrected chi connectivity index (χ0v) is 12.2. The molecule has 0 aromatic heterocycles. The van der Waals surface area contributed by atoms with E-state index in [1.807, 2.05) is 6.92 Å². The van der Waals surface area contributed by atoms with Gasteiger partial charge in [0.05, 0.1) is 12.6 Å². The molecule has 0 radical (unpaired) electrons. The highest BCUT2D eigenvalue weighted by Gasteiger charge is 2.20. The van der Waals surface area contributed by atoms with Crippen molar-refractivity contribution in [3.8, 4) is 5.75 Å². The van der Waals surface area contributed by atoms with Crippen LogP contribution < -0.4 is 10.5 Å². The molecule has 0 aliphatic heterocycles. The highest BCUT2D eigenvalue weighted by Crippen LogP contribution is 2.28. The van der Waals surface area contributed by atoms with Crippen LogP contribution in [0.25, 0.3) is 0 Å². The third-order valence-corrected chi connectivity index (χ3v) is 3.32. The smallest absolute Gasteiger partial charge is 0.134 e. The van der Waals surface area contributed by atoms with Crippen LogP contribution in [0.3, 0.4) is 0 Å². The summed E-state index contributed by atoms with van der Waals surface area (Å²) >= 11 is 0. The monoisotopic (exact) mass is 291 g/mol. The highest BCUT2D eigenvalue weighted by molar-refractivity contribution is 5.39. The van der Waals surface area contributed by atoms with Gasteiger partial charge in [0.1, 0.15) is 17.4 Å². The van der Waals surface area contributed by atoms with Gasteiger partial charge in [0.25, 0.3) is 0 Å². The van der Waals surface area contributed by atoms with Gasteiger partial charge in [0.2, 0.25) is 0 Å². The van der Waals surface area contributed by atoms with Crippen LogP contribution in [0.4, 0.5) is 8.78 Å². The molecule has 112 valence electrons. The minimum absolute atomic E-state index is 0.109. The van der Waals surface area contributed by atoms with Crippen molar-refractivity contribution in [2.75, 3.05) is 6.61 Å². The molecule has 2 rings (SSSR count). The largest absolute Gasteiger partial charge is 0.494 e. The standard InChI is InChI=1S/C17H19F2NO/c1-3-9-21-13-6-4-5-12(10-13)17(20)15-14(18)8-7-11(2)16(15)19/h4-8,10,17H,3,9,20H2,1-2H3. The van der Waals surface area contributed by atoms with E-state index in [1.165, 1.54) is 12.1 Å². The molecule has 2 nitrogen and oxygen atoms in total. The van der Waals surface area contributed by atoms with Crippen LogP contribution in [-0.4, -0.2) is 6.61 Å². The van der Waals surface area contributed by atoms with Crippen LogP contribution in [0.2, 0.25) is 0 Å². The minimum atomic E-state index is -0.866.